The number of ether oxygens (including phenoxy) is 1. The molecular formula is C16H28N6O. The number of aliphatic imine (C=N–C) groups is 1. The van der Waals surface area contributed by atoms with Crippen LogP contribution in [0.25, 0.3) is 0 Å². The van der Waals surface area contributed by atoms with Crippen molar-refractivity contribution in [2.24, 2.45) is 12.0 Å². The fraction of sp³-hybridized carbons (Fsp3) is 0.750. The highest BCUT2D eigenvalue weighted by molar-refractivity contribution is 5.80. The fourth-order valence-corrected chi connectivity index (χ4v) is 3.31. The lowest BCUT2D eigenvalue weighted by Crippen LogP contribution is -2.49. The first-order chi connectivity index (χ1) is 11.3. The number of aryl methyl sites for hydroxylation is 1. The molecule has 0 bridgehead atoms. The Morgan fingerprint density at radius 1 is 1.39 bits per heavy atom. The summed E-state index contributed by atoms with van der Waals surface area (Å²) < 4.78 is 7.72. The molecule has 1 aromatic rings. The monoisotopic (exact) mass is 320 g/mol. The molecule has 3 rings (SSSR count). The molecule has 0 radical (unpaired) electrons. The van der Waals surface area contributed by atoms with Crippen LogP contribution in [0, 0.1) is 0 Å². The quantitative estimate of drug-likeness (QED) is 0.645. The van der Waals surface area contributed by atoms with E-state index in [2.05, 4.69) is 25.2 Å². The van der Waals surface area contributed by atoms with Gasteiger partial charge in [-0.1, -0.05) is 0 Å². The number of aromatic nitrogens is 2. The number of nitrogens with zero attached hydrogens (tertiary/aromatic N) is 5. The first-order valence-corrected chi connectivity index (χ1v) is 8.54. The molecule has 2 aliphatic heterocycles. The summed E-state index contributed by atoms with van der Waals surface area (Å²) in [6.07, 6.45) is 6.65. The van der Waals surface area contributed by atoms with Crippen LogP contribution < -0.4 is 5.32 Å². The topological polar surface area (TPSA) is 57.9 Å². The molecule has 1 aromatic heterocycles. The van der Waals surface area contributed by atoms with Gasteiger partial charge in [0.05, 0.1) is 19.3 Å². The average molecular weight is 320 g/mol. The Morgan fingerprint density at radius 2 is 2.22 bits per heavy atom. The van der Waals surface area contributed by atoms with E-state index in [1.807, 2.05) is 31.2 Å². The number of likely N-dealkylation sites (tertiary alicyclic amines) is 1. The number of hydrogen-bond acceptors (Lipinski definition) is 4. The maximum atomic E-state index is 5.90. The van der Waals surface area contributed by atoms with Crippen LogP contribution in [-0.4, -0.2) is 78.5 Å². The lowest BCUT2D eigenvalue weighted by Gasteiger charge is -2.35. The van der Waals surface area contributed by atoms with Crippen LogP contribution in [0.4, 0.5) is 0 Å². The minimum absolute atomic E-state index is 0.0644. The van der Waals surface area contributed by atoms with Crippen molar-refractivity contribution in [3.63, 3.8) is 0 Å². The van der Waals surface area contributed by atoms with Crippen LogP contribution >= 0.6 is 0 Å². The van der Waals surface area contributed by atoms with Crippen molar-refractivity contribution in [1.29, 1.82) is 0 Å². The smallest absolute Gasteiger partial charge is 0.193 e. The number of morpholine rings is 1. The lowest BCUT2D eigenvalue weighted by atomic mass is 10.1. The highest BCUT2D eigenvalue weighted by Crippen LogP contribution is 2.21. The predicted molar refractivity (Wildman–Crippen MR) is 90.5 cm³/mol. The number of rotatable bonds is 4. The van der Waals surface area contributed by atoms with E-state index >= 15 is 0 Å². The lowest BCUT2D eigenvalue weighted by molar-refractivity contribution is -0.00804. The molecule has 2 saturated heterocycles. The zero-order valence-electron chi connectivity index (χ0n) is 14.2. The van der Waals surface area contributed by atoms with Gasteiger partial charge < -0.3 is 19.9 Å². The Kier molecular flexibility index (Phi) is 5.51. The van der Waals surface area contributed by atoms with Gasteiger partial charge in [-0.2, -0.15) is 5.10 Å². The highest BCUT2D eigenvalue weighted by atomic mass is 16.5. The molecule has 1 unspecified atom stereocenters. The molecule has 2 fully saturated rings. The van der Waals surface area contributed by atoms with Gasteiger partial charge in [-0.15, -0.1) is 0 Å². The molecule has 0 amide bonds. The van der Waals surface area contributed by atoms with Gasteiger partial charge in [0.2, 0.25) is 0 Å². The predicted octanol–water partition coefficient (Wildman–Crippen LogP) is 0.465. The summed E-state index contributed by atoms with van der Waals surface area (Å²) in [6, 6.07) is 0. The summed E-state index contributed by atoms with van der Waals surface area (Å²) >= 11 is 0. The Labute approximate surface area is 138 Å². The van der Waals surface area contributed by atoms with Gasteiger partial charge in [-0.3, -0.25) is 9.67 Å². The molecule has 2 aliphatic rings. The largest absolute Gasteiger partial charge is 0.370 e. The summed E-state index contributed by atoms with van der Waals surface area (Å²) in [5.41, 5.74) is 1.13. The minimum Gasteiger partial charge on any atom is -0.370 e. The second kappa shape index (κ2) is 7.79. The average Bonchev–Trinajstić information content (AvgIpc) is 3.23. The van der Waals surface area contributed by atoms with Gasteiger partial charge in [0.25, 0.3) is 0 Å². The summed E-state index contributed by atoms with van der Waals surface area (Å²) in [6.45, 7) is 6.92. The van der Waals surface area contributed by atoms with Crippen LogP contribution in [0.5, 0.6) is 0 Å². The maximum Gasteiger partial charge on any atom is 0.193 e. The van der Waals surface area contributed by atoms with Crippen molar-refractivity contribution in [3.8, 4) is 0 Å². The fourth-order valence-electron chi connectivity index (χ4n) is 3.31. The second-order valence-electron chi connectivity index (χ2n) is 6.28. The molecular weight excluding hydrogens is 292 g/mol. The van der Waals surface area contributed by atoms with Gasteiger partial charge in [-0.05, 0) is 25.9 Å². The van der Waals surface area contributed by atoms with Gasteiger partial charge in [0.15, 0.2) is 5.96 Å². The van der Waals surface area contributed by atoms with Crippen molar-refractivity contribution >= 4 is 5.96 Å². The summed E-state index contributed by atoms with van der Waals surface area (Å²) in [5, 5.41) is 7.74. The molecule has 3 heterocycles. The normalized spacial score (nSPS) is 23.5. The van der Waals surface area contributed by atoms with Gasteiger partial charge >= 0.3 is 0 Å². The zero-order chi connectivity index (χ0) is 16.1. The summed E-state index contributed by atoms with van der Waals surface area (Å²) in [7, 11) is 3.79. The third-order valence-corrected chi connectivity index (χ3v) is 4.58. The van der Waals surface area contributed by atoms with Crippen LogP contribution in [-0.2, 0) is 11.8 Å². The van der Waals surface area contributed by atoms with Crippen LogP contribution in [0.15, 0.2) is 17.4 Å². The van der Waals surface area contributed by atoms with E-state index in [0.717, 1.165) is 37.7 Å². The molecule has 7 nitrogen and oxygen atoms in total. The SMILES string of the molecule is CN=C(NCCN1CCCC1)N1CCOC(c2cnn(C)c2)C1. The third kappa shape index (κ3) is 4.23. The first-order valence-electron chi connectivity index (χ1n) is 8.54. The van der Waals surface area contributed by atoms with Crippen LogP contribution in [0.3, 0.4) is 0 Å². The first kappa shape index (κ1) is 16.3. The summed E-state index contributed by atoms with van der Waals surface area (Å²) in [5.74, 6) is 0.974. The van der Waals surface area contributed by atoms with E-state index < -0.39 is 0 Å². The zero-order valence-corrected chi connectivity index (χ0v) is 14.2. The highest BCUT2D eigenvalue weighted by Gasteiger charge is 2.25. The van der Waals surface area contributed by atoms with E-state index in [4.69, 9.17) is 4.74 Å². The summed E-state index contributed by atoms with van der Waals surface area (Å²) in [4.78, 5) is 9.24. The number of hydrogen-bond donors (Lipinski definition) is 1. The van der Waals surface area contributed by atoms with Gasteiger partial charge in [0, 0.05) is 45.5 Å². The Balaban J connectivity index is 1.51. The van der Waals surface area contributed by atoms with Crippen molar-refractivity contribution < 1.29 is 4.74 Å². The minimum atomic E-state index is 0.0644. The molecule has 128 valence electrons. The number of guanidine groups is 1. The van der Waals surface area contributed by atoms with Crippen LogP contribution in [0.1, 0.15) is 24.5 Å². The molecule has 7 heteroatoms. The Morgan fingerprint density at radius 3 is 2.91 bits per heavy atom. The molecule has 0 spiro atoms. The van der Waals surface area contributed by atoms with E-state index in [1.54, 1.807) is 0 Å². The van der Waals surface area contributed by atoms with Gasteiger partial charge in [-0.25, -0.2) is 0 Å². The number of nitrogens with one attached hydrogen (secondary N) is 1. The Hall–Kier alpha value is -1.60. The standard InChI is InChI=1S/C16H28N6O/c1-17-16(18-5-8-21-6-3-4-7-21)22-9-10-23-15(13-22)14-11-19-20(2)12-14/h11-12,15H,3-10,13H2,1-2H3,(H,17,18). The molecule has 23 heavy (non-hydrogen) atoms. The molecule has 0 aliphatic carbocycles. The van der Waals surface area contributed by atoms with E-state index in [0.29, 0.717) is 6.61 Å². The maximum absolute atomic E-state index is 5.90. The molecule has 0 aromatic carbocycles. The van der Waals surface area contributed by atoms with Crippen molar-refractivity contribution in [2.45, 2.75) is 18.9 Å². The third-order valence-electron chi connectivity index (χ3n) is 4.58. The second-order valence-corrected chi connectivity index (χ2v) is 6.28. The van der Waals surface area contributed by atoms with Crippen LogP contribution in [0.2, 0.25) is 0 Å². The Bertz CT molecular complexity index is 522. The van der Waals surface area contributed by atoms with Gasteiger partial charge in [0.1, 0.15) is 6.10 Å². The van der Waals surface area contributed by atoms with Crippen molar-refractivity contribution in [1.82, 2.24) is 24.9 Å². The van der Waals surface area contributed by atoms with E-state index in [9.17, 15) is 0 Å². The van der Waals surface area contributed by atoms with E-state index in [1.165, 1.54) is 25.9 Å². The van der Waals surface area contributed by atoms with E-state index in [-0.39, 0.29) is 6.10 Å². The van der Waals surface area contributed by atoms with Crippen molar-refractivity contribution in [2.75, 3.05) is 52.9 Å². The van der Waals surface area contributed by atoms with Crippen molar-refractivity contribution in [3.05, 3.63) is 18.0 Å². The molecule has 0 saturated carbocycles. The molecule has 1 atom stereocenters. The molecule has 1 N–H and O–H groups in total.